The number of benzene rings is 4. The lowest BCUT2D eigenvalue weighted by Crippen LogP contribution is -2.35. The third kappa shape index (κ3) is 8.80. The molecule has 2 fully saturated rings. The zero-order valence-corrected chi connectivity index (χ0v) is 27.9. The molecule has 2 atom stereocenters. The van der Waals surface area contributed by atoms with Crippen molar-refractivity contribution in [2.45, 2.75) is 43.7 Å². The molecule has 1 aliphatic heterocycles. The zero-order chi connectivity index (χ0) is 36.9. The highest BCUT2D eigenvalue weighted by Gasteiger charge is 2.59. The summed E-state index contributed by atoms with van der Waals surface area (Å²) < 4.78 is 89.2. The van der Waals surface area contributed by atoms with E-state index in [1.807, 2.05) is 24.3 Å². The number of ether oxygens (including phenoxy) is 1. The van der Waals surface area contributed by atoms with Gasteiger partial charge in [0.25, 0.3) is 0 Å². The Hall–Kier alpha value is -5.21. The Morgan fingerprint density at radius 1 is 0.981 bits per heavy atom. The van der Waals surface area contributed by atoms with E-state index >= 15 is 0 Å². The van der Waals surface area contributed by atoms with Crippen LogP contribution in [0.25, 0.3) is 0 Å². The standard InChI is InChI=1S/C20H17F5N2O2.C17H13ClFN3O/c21-15-9-8-14(20(23,24)25)17(18(15)22)19(27-29-11-13-6-7-13)26-16(28)10-12-4-2-1-3-5-12;18-15-4-2-1-3-14(15)16-17(23-16,9-22-11-20-10-21-22)12-5-7-13(19)8-6-12/h1-5,8-9,13H,6-7,10-11H2,(H,26,27,28);1-8,10-11,16H,9H2. The second-order valence-corrected chi connectivity index (χ2v) is 12.6. The summed E-state index contributed by atoms with van der Waals surface area (Å²) in [4.78, 5) is 21.3. The SMILES string of the molecule is Fc1ccc(C2(Cn3cncn3)OC2c2ccccc2Cl)cc1.O=C(Cc1ccccc1)NC(=NOCC1CC1)c1c(C(F)(F)F)ccc(F)c1F. The van der Waals surface area contributed by atoms with Gasteiger partial charge in [-0.1, -0.05) is 77.4 Å². The molecular weight excluding hydrogens is 712 g/mol. The summed E-state index contributed by atoms with van der Waals surface area (Å²) in [7, 11) is 0. The van der Waals surface area contributed by atoms with Crippen molar-refractivity contribution in [1.29, 1.82) is 0 Å². The van der Waals surface area contributed by atoms with Gasteiger partial charge in [0.15, 0.2) is 17.5 Å². The van der Waals surface area contributed by atoms with E-state index in [1.54, 1.807) is 53.5 Å². The van der Waals surface area contributed by atoms with E-state index in [0.29, 0.717) is 29.3 Å². The van der Waals surface area contributed by atoms with Crippen LogP contribution in [0.1, 0.15) is 46.8 Å². The third-order valence-corrected chi connectivity index (χ3v) is 8.69. The van der Waals surface area contributed by atoms with Crippen LogP contribution in [0, 0.1) is 23.4 Å². The van der Waals surface area contributed by atoms with E-state index < -0.39 is 46.3 Å². The molecule has 1 N–H and O–H groups in total. The number of halogens is 7. The van der Waals surface area contributed by atoms with Gasteiger partial charge in [-0.25, -0.2) is 22.8 Å². The topological polar surface area (TPSA) is 93.9 Å². The third-order valence-electron chi connectivity index (χ3n) is 8.34. The van der Waals surface area contributed by atoms with Crippen molar-refractivity contribution in [1.82, 2.24) is 20.1 Å². The Kier molecular flexibility index (Phi) is 11.0. The monoisotopic (exact) mass is 741 g/mol. The predicted octanol–water partition coefficient (Wildman–Crippen LogP) is 8.17. The maximum absolute atomic E-state index is 14.4. The molecule has 1 saturated heterocycles. The maximum atomic E-state index is 14.4. The fraction of sp³-hybridized carbons (Fsp3) is 0.243. The van der Waals surface area contributed by atoms with Gasteiger partial charge in [0, 0.05) is 10.6 Å². The molecule has 8 nitrogen and oxygen atoms in total. The van der Waals surface area contributed by atoms with Crippen molar-refractivity contribution in [3.63, 3.8) is 0 Å². The summed E-state index contributed by atoms with van der Waals surface area (Å²) in [6.45, 7) is 0.588. The average molecular weight is 742 g/mol. The Balaban J connectivity index is 0.000000183. The molecule has 5 aromatic rings. The number of carbonyl (C=O) groups excluding carboxylic acids is 1. The minimum atomic E-state index is -4.99. The molecule has 7 rings (SSSR count). The van der Waals surface area contributed by atoms with Crippen molar-refractivity contribution >= 4 is 23.3 Å². The van der Waals surface area contributed by atoms with Gasteiger partial charge in [0.05, 0.1) is 24.1 Å². The van der Waals surface area contributed by atoms with Gasteiger partial charge in [-0.15, -0.1) is 0 Å². The highest BCUT2D eigenvalue weighted by molar-refractivity contribution is 6.31. The highest BCUT2D eigenvalue weighted by Crippen LogP contribution is 2.59. The van der Waals surface area contributed by atoms with Crippen molar-refractivity contribution in [2.24, 2.45) is 11.1 Å². The van der Waals surface area contributed by atoms with Crippen molar-refractivity contribution < 1.29 is 40.7 Å². The molecule has 2 aliphatic rings. The lowest BCUT2D eigenvalue weighted by Gasteiger charge is -2.16. The number of aromatic nitrogens is 3. The zero-order valence-electron chi connectivity index (χ0n) is 27.2. The molecule has 1 saturated carbocycles. The molecular formula is C37H30ClF6N5O3. The Morgan fingerprint density at radius 3 is 2.35 bits per heavy atom. The number of nitrogens with zero attached hydrogens (tertiary/aromatic N) is 4. The first-order valence-electron chi connectivity index (χ1n) is 16.0. The molecule has 270 valence electrons. The molecule has 2 unspecified atom stereocenters. The molecule has 0 radical (unpaired) electrons. The first kappa shape index (κ1) is 36.6. The van der Waals surface area contributed by atoms with E-state index in [1.165, 1.54) is 18.5 Å². The molecule has 15 heteroatoms. The van der Waals surface area contributed by atoms with E-state index in [9.17, 15) is 31.1 Å². The number of carbonyl (C=O) groups is 1. The molecule has 1 amide bonds. The summed E-state index contributed by atoms with van der Waals surface area (Å²) in [5.41, 5.74) is -0.899. The van der Waals surface area contributed by atoms with Gasteiger partial charge in [0.1, 0.15) is 36.8 Å². The Morgan fingerprint density at radius 2 is 1.69 bits per heavy atom. The minimum absolute atomic E-state index is 0.107. The molecule has 2 heterocycles. The van der Waals surface area contributed by atoms with Gasteiger partial charge < -0.3 is 14.9 Å². The smallest absolute Gasteiger partial charge is 0.394 e. The normalized spacial score (nSPS) is 18.3. The van der Waals surface area contributed by atoms with Crippen LogP contribution in [-0.4, -0.2) is 33.1 Å². The fourth-order valence-corrected chi connectivity index (χ4v) is 5.73. The van der Waals surface area contributed by atoms with Crippen LogP contribution in [-0.2, 0) is 39.1 Å². The fourth-order valence-electron chi connectivity index (χ4n) is 5.50. The quantitative estimate of drug-likeness (QED) is 0.0513. The average Bonchev–Trinajstić information content (AvgIpc) is 4.02. The van der Waals surface area contributed by atoms with Gasteiger partial charge in [0.2, 0.25) is 5.91 Å². The van der Waals surface area contributed by atoms with Gasteiger partial charge in [-0.3, -0.25) is 4.79 Å². The summed E-state index contributed by atoms with van der Waals surface area (Å²) >= 11 is 6.31. The molecule has 52 heavy (non-hydrogen) atoms. The summed E-state index contributed by atoms with van der Waals surface area (Å²) in [6, 6.07) is 23.1. The predicted molar refractivity (Wildman–Crippen MR) is 178 cm³/mol. The van der Waals surface area contributed by atoms with Crippen LogP contribution >= 0.6 is 11.6 Å². The largest absolute Gasteiger partial charge is 0.417 e. The summed E-state index contributed by atoms with van der Waals surface area (Å²) in [5, 5.41) is 10.5. The molecule has 4 aromatic carbocycles. The van der Waals surface area contributed by atoms with E-state index in [-0.39, 0.29) is 30.9 Å². The number of hydrogen-bond acceptors (Lipinski definition) is 6. The van der Waals surface area contributed by atoms with Crippen molar-refractivity contribution in [3.05, 3.63) is 154 Å². The van der Waals surface area contributed by atoms with Crippen LogP contribution in [0.3, 0.4) is 0 Å². The van der Waals surface area contributed by atoms with Crippen LogP contribution < -0.4 is 5.32 Å². The van der Waals surface area contributed by atoms with Crippen LogP contribution in [0.5, 0.6) is 0 Å². The number of amides is 1. The molecule has 1 aliphatic carbocycles. The summed E-state index contributed by atoms with van der Waals surface area (Å²) in [6.07, 6.45) is -0.514. The minimum Gasteiger partial charge on any atom is -0.394 e. The first-order valence-corrected chi connectivity index (χ1v) is 16.4. The molecule has 0 bridgehead atoms. The maximum Gasteiger partial charge on any atom is 0.417 e. The first-order chi connectivity index (χ1) is 24.9. The van der Waals surface area contributed by atoms with E-state index in [0.717, 1.165) is 24.0 Å². The Labute approximate surface area is 299 Å². The number of hydrogen-bond donors (Lipinski definition) is 1. The lowest BCUT2D eigenvalue weighted by atomic mass is 9.91. The van der Waals surface area contributed by atoms with Gasteiger partial charge >= 0.3 is 6.18 Å². The van der Waals surface area contributed by atoms with Gasteiger partial charge in [-0.2, -0.15) is 18.3 Å². The van der Waals surface area contributed by atoms with Crippen LogP contribution in [0.2, 0.25) is 5.02 Å². The number of oxime groups is 1. The van der Waals surface area contributed by atoms with Crippen molar-refractivity contribution in [2.75, 3.05) is 6.61 Å². The van der Waals surface area contributed by atoms with E-state index in [4.69, 9.17) is 21.2 Å². The molecule has 0 spiro atoms. The van der Waals surface area contributed by atoms with E-state index in [2.05, 4.69) is 20.6 Å². The second kappa shape index (κ2) is 15.6. The second-order valence-electron chi connectivity index (χ2n) is 12.2. The lowest BCUT2D eigenvalue weighted by molar-refractivity contribution is -0.138. The molecule has 1 aromatic heterocycles. The Bertz CT molecular complexity index is 2030. The number of epoxide rings is 1. The van der Waals surface area contributed by atoms with Crippen LogP contribution in [0.4, 0.5) is 26.3 Å². The number of rotatable bonds is 10. The summed E-state index contributed by atoms with van der Waals surface area (Å²) in [5.74, 6) is -4.91. The highest BCUT2D eigenvalue weighted by atomic mass is 35.5. The van der Waals surface area contributed by atoms with Gasteiger partial charge in [-0.05, 0) is 60.2 Å². The van der Waals surface area contributed by atoms with Crippen molar-refractivity contribution in [3.8, 4) is 0 Å². The number of alkyl halides is 3. The number of amidine groups is 1. The number of nitrogens with one attached hydrogen (secondary N) is 1. The van der Waals surface area contributed by atoms with Crippen LogP contribution in [0.15, 0.2) is 109 Å².